The van der Waals surface area contributed by atoms with E-state index in [4.69, 9.17) is 10.8 Å². The summed E-state index contributed by atoms with van der Waals surface area (Å²) in [5.74, 6) is -0.559. The van der Waals surface area contributed by atoms with Crippen molar-refractivity contribution >= 4 is 29.3 Å². The summed E-state index contributed by atoms with van der Waals surface area (Å²) in [6.07, 6.45) is 3.07. The Hall–Kier alpha value is -1.69. The van der Waals surface area contributed by atoms with Crippen LogP contribution in [0.3, 0.4) is 0 Å². The minimum absolute atomic E-state index is 0.233. The van der Waals surface area contributed by atoms with Crippen molar-refractivity contribution in [1.82, 2.24) is 5.32 Å². The van der Waals surface area contributed by atoms with Crippen molar-refractivity contribution in [3.8, 4) is 0 Å². The van der Waals surface area contributed by atoms with Crippen LogP contribution in [0.1, 0.15) is 18.4 Å². The lowest BCUT2D eigenvalue weighted by Crippen LogP contribution is -2.41. The first-order valence-corrected chi connectivity index (χ1v) is 7.78. The number of carbonyl (C=O) groups is 2. The van der Waals surface area contributed by atoms with E-state index in [1.807, 2.05) is 24.5 Å². The van der Waals surface area contributed by atoms with Crippen LogP contribution >= 0.6 is 11.8 Å². The molecule has 1 rings (SSSR count). The van der Waals surface area contributed by atoms with Gasteiger partial charge >= 0.3 is 5.97 Å². The number of amides is 1. The monoisotopic (exact) mass is 296 g/mol. The molecule has 6 heteroatoms. The molecule has 1 atom stereocenters. The Morgan fingerprint density at radius 1 is 1.40 bits per heavy atom. The smallest absolute Gasteiger partial charge is 0.326 e. The Kier molecular flexibility index (Phi) is 6.93. The molecule has 0 saturated carbocycles. The van der Waals surface area contributed by atoms with Gasteiger partial charge in [0.05, 0.1) is 0 Å². The van der Waals surface area contributed by atoms with Crippen LogP contribution in [-0.2, 0) is 16.0 Å². The molecular weight excluding hydrogens is 276 g/mol. The number of rotatable bonds is 8. The van der Waals surface area contributed by atoms with E-state index in [9.17, 15) is 9.59 Å². The van der Waals surface area contributed by atoms with Crippen LogP contribution in [0.15, 0.2) is 24.3 Å². The number of carboxylic acids is 1. The van der Waals surface area contributed by atoms with E-state index < -0.39 is 12.0 Å². The lowest BCUT2D eigenvalue weighted by atomic mass is 10.1. The third-order valence-corrected chi connectivity index (χ3v) is 3.56. The van der Waals surface area contributed by atoms with Gasteiger partial charge in [-0.2, -0.15) is 11.8 Å². The number of benzene rings is 1. The maximum Gasteiger partial charge on any atom is 0.326 e. The number of anilines is 1. The normalized spacial score (nSPS) is 11.8. The van der Waals surface area contributed by atoms with Gasteiger partial charge in [0.1, 0.15) is 6.04 Å². The van der Waals surface area contributed by atoms with Gasteiger partial charge in [-0.3, -0.25) is 4.79 Å². The van der Waals surface area contributed by atoms with Crippen LogP contribution in [-0.4, -0.2) is 35.0 Å². The Morgan fingerprint density at radius 2 is 2.10 bits per heavy atom. The molecule has 0 saturated heterocycles. The van der Waals surface area contributed by atoms with Crippen LogP contribution < -0.4 is 11.1 Å². The van der Waals surface area contributed by atoms with Gasteiger partial charge in [-0.1, -0.05) is 18.2 Å². The summed E-state index contributed by atoms with van der Waals surface area (Å²) in [5.41, 5.74) is 7.35. The minimum Gasteiger partial charge on any atom is -0.480 e. The number of carboxylic acid groups (broad SMARTS) is 1. The molecule has 0 aliphatic heterocycles. The third-order valence-electron chi connectivity index (χ3n) is 2.92. The highest BCUT2D eigenvalue weighted by Gasteiger charge is 2.19. The number of aliphatic carboxylic acids is 1. The maximum absolute atomic E-state index is 11.8. The molecule has 0 heterocycles. The lowest BCUT2D eigenvalue weighted by molar-refractivity contribution is -0.141. The Labute approximate surface area is 122 Å². The Bertz CT molecular complexity index is 465. The minimum atomic E-state index is -0.994. The first-order chi connectivity index (χ1) is 9.54. The number of hydrogen-bond donors (Lipinski definition) is 3. The number of nitrogen functional groups attached to an aromatic ring is 1. The predicted molar refractivity (Wildman–Crippen MR) is 81.7 cm³/mol. The summed E-state index contributed by atoms with van der Waals surface area (Å²) in [7, 11) is 0. The molecule has 5 nitrogen and oxygen atoms in total. The molecule has 4 N–H and O–H groups in total. The number of thioether (sulfide) groups is 1. The number of para-hydroxylation sites is 1. The van der Waals surface area contributed by atoms with Crippen molar-refractivity contribution in [3.05, 3.63) is 29.8 Å². The highest BCUT2D eigenvalue weighted by molar-refractivity contribution is 7.98. The number of nitrogens with one attached hydrogen (secondary N) is 1. The van der Waals surface area contributed by atoms with Gasteiger partial charge < -0.3 is 16.2 Å². The molecule has 110 valence electrons. The fourth-order valence-electron chi connectivity index (χ4n) is 1.77. The van der Waals surface area contributed by atoms with Crippen LogP contribution in [0.5, 0.6) is 0 Å². The fourth-order valence-corrected chi connectivity index (χ4v) is 2.24. The first-order valence-electron chi connectivity index (χ1n) is 6.39. The SMILES string of the molecule is CSCC[C@@H](NC(=O)CCc1ccccc1N)C(=O)O. The zero-order valence-corrected chi connectivity index (χ0v) is 12.3. The van der Waals surface area contributed by atoms with Gasteiger partial charge in [0, 0.05) is 12.1 Å². The maximum atomic E-state index is 11.8. The fraction of sp³-hybridized carbons (Fsp3) is 0.429. The number of carbonyl (C=O) groups excluding carboxylic acids is 1. The molecule has 1 amide bonds. The highest BCUT2D eigenvalue weighted by Crippen LogP contribution is 2.12. The van der Waals surface area contributed by atoms with Crippen molar-refractivity contribution in [1.29, 1.82) is 0 Å². The van der Waals surface area contributed by atoms with Gasteiger partial charge in [-0.25, -0.2) is 4.79 Å². The molecule has 0 aliphatic carbocycles. The molecule has 0 bridgehead atoms. The summed E-state index contributed by atoms with van der Waals surface area (Å²) in [6, 6.07) is 6.53. The number of hydrogen-bond acceptors (Lipinski definition) is 4. The summed E-state index contributed by atoms with van der Waals surface area (Å²) in [6.45, 7) is 0. The largest absolute Gasteiger partial charge is 0.480 e. The van der Waals surface area contributed by atoms with Crippen LogP contribution in [0.25, 0.3) is 0 Å². The van der Waals surface area contributed by atoms with Crippen LogP contribution in [0, 0.1) is 0 Å². The molecule has 1 aromatic carbocycles. The summed E-state index contributed by atoms with van der Waals surface area (Å²) >= 11 is 1.56. The highest BCUT2D eigenvalue weighted by atomic mass is 32.2. The van der Waals surface area contributed by atoms with Crippen molar-refractivity contribution in [2.24, 2.45) is 0 Å². The Balaban J connectivity index is 2.46. The number of aryl methyl sites for hydroxylation is 1. The second kappa shape index (κ2) is 8.47. The van der Waals surface area contributed by atoms with E-state index in [1.54, 1.807) is 17.8 Å². The number of nitrogens with two attached hydrogens (primary N) is 1. The van der Waals surface area contributed by atoms with E-state index in [1.165, 1.54) is 0 Å². The molecule has 0 fully saturated rings. The van der Waals surface area contributed by atoms with Gasteiger partial charge in [-0.15, -0.1) is 0 Å². The molecule has 1 aromatic rings. The zero-order chi connectivity index (χ0) is 15.0. The lowest BCUT2D eigenvalue weighted by Gasteiger charge is -2.14. The average molecular weight is 296 g/mol. The second-order valence-corrected chi connectivity index (χ2v) is 5.42. The van der Waals surface area contributed by atoms with Crippen molar-refractivity contribution in [2.45, 2.75) is 25.3 Å². The predicted octanol–water partition coefficient (Wildman–Crippen LogP) is 1.52. The van der Waals surface area contributed by atoms with Gasteiger partial charge in [-0.05, 0) is 36.5 Å². The van der Waals surface area contributed by atoms with Gasteiger partial charge in [0.2, 0.25) is 5.91 Å². The second-order valence-electron chi connectivity index (χ2n) is 4.44. The summed E-state index contributed by atoms with van der Waals surface area (Å²) in [4.78, 5) is 22.8. The van der Waals surface area contributed by atoms with Crippen molar-refractivity contribution in [2.75, 3.05) is 17.7 Å². The van der Waals surface area contributed by atoms with Crippen molar-refractivity contribution < 1.29 is 14.7 Å². The molecule has 0 aromatic heterocycles. The molecule has 20 heavy (non-hydrogen) atoms. The average Bonchev–Trinajstić information content (AvgIpc) is 2.42. The third kappa shape index (κ3) is 5.52. The first kappa shape index (κ1) is 16.4. The van der Waals surface area contributed by atoms with Crippen LogP contribution in [0.4, 0.5) is 5.69 Å². The topological polar surface area (TPSA) is 92.4 Å². The quantitative estimate of drug-likeness (QED) is 0.633. The molecule has 0 aliphatic rings. The standard InChI is InChI=1S/C14H20N2O3S/c1-20-9-8-12(14(18)19)16-13(17)7-6-10-4-2-3-5-11(10)15/h2-5,12H,6-9,15H2,1H3,(H,16,17)(H,18,19)/t12-/m1/s1. The summed E-state index contributed by atoms with van der Waals surface area (Å²) < 4.78 is 0. The van der Waals surface area contributed by atoms with E-state index in [0.29, 0.717) is 24.3 Å². The van der Waals surface area contributed by atoms with E-state index in [0.717, 1.165) is 5.56 Å². The van der Waals surface area contributed by atoms with E-state index in [2.05, 4.69) is 5.32 Å². The Morgan fingerprint density at radius 3 is 2.70 bits per heavy atom. The molecular formula is C14H20N2O3S. The zero-order valence-electron chi connectivity index (χ0n) is 11.5. The van der Waals surface area contributed by atoms with Gasteiger partial charge in [0.25, 0.3) is 0 Å². The van der Waals surface area contributed by atoms with E-state index >= 15 is 0 Å². The molecule has 0 unspecified atom stereocenters. The van der Waals surface area contributed by atoms with Crippen LogP contribution in [0.2, 0.25) is 0 Å². The molecule has 0 spiro atoms. The van der Waals surface area contributed by atoms with E-state index in [-0.39, 0.29) is 12.3 Å². The summed E-state index contributed by atoms with van der Waals surface area (Å²) in [5, 5.41) is 11.6. The van der Waals surface area contributed by atoms with Gasteiger partial charge in [0.15, 0.2) is 0 Å². The molecule has 0 radical (unpaired) electrons. The van der Waals surface area contributed by atoms with Crippen molar-refractivity contribution in [3.63, 3.8) is 0 Å².